The zero-order valence-corrected chi connectivity index (χ0v) is 17.4. The molecule has 1 saturated heterocycles. The summed E-state index contributed by atoms with van der Waals surface area (Å²) in [6.45, 7) is 3.16. The Morgan fingerprint density at radius 1 is 1.26 bits per heavy atom. The molecule has 5 nitrogen and oxygen atoms in total. The van der Waals surface area contributed by atoms with E-state index in [9.17, 15) is 18.0 Å². The fourth-order valence-corrected chi connectivity index (χ4v) is 4.19. The summed E-state index contributed by atoms with van der Waals surface area (Å²) in [5, 5.41) is 0. The van der Waals surface area contributed by atoms with Crippen LogP contribution >= 0.6 is 0 Å². The minimum atomic E-state index is -4.48. The number of carbonyl (C=O) groups excluding carboxylic acids is 1. The smallest absolute Gasteiger partial charge is 0.433 e. The number of piperidine rings is 1. The van der Waals surface area contributed by atoms with E-state index in [1.807, 2.05) is 30.0 Å². The van der Waals surface area contributed by atoms with Crippen LogP contribution in [0.4, 0.5) is 13.2 Å². The number of nitrogens with zero attached hydrogens (tertiary/aromatic N) is 2. The van der Waals surface area contributed by atoms with Crippen LogP contribution in [0.5, 0.6) is 5.75 Å². The first-order chi connectivity index (χ1) is 14.7. The van der Waals surface area contributed by atoms with Gasteiger partial charge in [-0.15, -0.1) is 0 Å². The Morgan fingerprint density at radius 2 is 2.06 bits per heavy atom. The molecule has 2 aromatic heterocycles. The molecular formula is C23H24F3N3O2. The van der Waals surface area contributed by atoms with Crippen LogP contribution in [0.25, 0.3) is 11.0 Å². The van der Waals surface area contributed by atoms with E-state index in [0.29, 0.717) is 24.4 Å². The number of carbonyl (C=O) groups is 1. The monoisotopic (exact) mass is 431 g/mol. The van der Waals surface area contributed by atoms with Crippen LogP contribution in [-0.4, -0.2) is 41.0 Å². The second-order valence-electron chi connectivity index (χ2n) is 8.02. The second-order valence-corrected chi connectivity index (χ2v) is 8.02. The number of nitrogens with one attached hydrogen (secondary N) is 1. The van der Waals surface area contributed by atoms with Crippen molar-refractivity contribution in [3.05, 3.63) is 58.9 Å². The molecular weight excluding hydrogens is 407 g/mol. The number of ether oxygens (including phenoxy) is 1. The van der Waals surface area contributed by atoms with E-state index in [2.05, 4.69) is 9.97 Å². The number of aryl methyl sites for hydroxylation is 1. The summed E-state index contributed by atoms with van der Waals surface area (Å²) < 4.78 is 44.2. The molecule has 3 aromatic rings. The number of rotatable bonds is 4. The highest BCUT2D eigenvalue weighted by Gasteiger charge is 2.33. The molecule has 4 rings (SSSR count). The van der Waals surface area contributed by atoms with Gasteiger partial charge in [0.05, 0.1) is 24.6 Å². The van der Waals surface area contributed by atoms with Gasteiger partial charge in [-0.05, 0) is 44.0 Å². The summed E-state index contributed by atoms with van der Waals surface area (Å²) in [5.74, 6) is 0.734. The van der Waals surface area contributed by atoms with E-state index < -0.39 is 11.9 Å². The van der Waals surface area contributed by atoms with Crippen molar-refractivity contribution in [1.29, 1.82) is 0 Å². The first-order valence-corrected chi connectivity index (χ1v) is 10.2. The molecule has 0 unspecified atom stereocenters. The largest absolute Gasteiger partial charge is 0.496 e. The Balaban J connectivity index is 1.51. The van der Waals surface area contributed by atoms with Gasteiger partial charge in [-0.1, -0.05) is 17.7 Å². The number of hydrogen-bond acceptors (Lipinski definition) is 3. The van der Waals surface area contributed by atoms with Gasteiger partial charge in [0.1, 0.15) is 11.4 Å². The number of hydrogen-bond donors (Lipinski definition) is 1. The van der Waals surface area contributed by atoms with Crippen molar-refractivity contribution < 1.29 is 22.7 Å². The van der Waals surface area contributed by atoms with E-state index in [1.165, 1.54) is 6.07 Å². The van der Waals surface area contributed by atoms with E-state index in [0.717, 1.165) is 35.7 Å². The molecule has 1 aliphatic heterocycles. The first kappa shape index (κ1) is 21.2. The lowest BCUT2D eigenvalue weighted by Crippen LogP contribution is -2.40. The summed E-state index contributed by atoms with van der Waals surface area (Å²) in [5.41, 5.74) is 2.67. The van der Waals surface area contributed by atoms with Crippen molar-refractivity contribution >= 4 is 16.9 Å². The van der Waals surface area contributed by atoms with Gasteiger partial charge in [0.15, 0.2) is 0 Å². The van der Waals surface area contributed by atoms with Gasteiger partial charge in [-0.3, -0.25) is 4.79 Å². The summed E-state index contributed by atoms with van der Waals surface area (Å²) in [4.78, 5) is 21.7. The Hall–Kier alpha value is -3.03. The van der Waals surface area contributed by atoms with Crippen molar-refractivity contribution in [2.24, 2.45) is 0 Å². The van der Waals surface area contributed by atoms with Crippen LogP contribution < -0.4 is 4.74 Å². The quantitative estimate of drug-likeness (QED) is 0.643. The third-order valence-corrected chi connectivity index (χ3v) is 5.78. The number of aromatic amines is 1. The van der Waals surface area contributed by atoms with Crippen LogP contribution in [0, 0.1) is 6.92 Å². The normalized spacial score (nSPS) is 17.2. The topological polar surface area (TPSA) is 58.2 Å². The predicted molar refractivity (Wildman–Crippen MR) is 111 cm³/mol. The standard InChI is InChI=1S/C23H24F3N3O2/c1-14-5-7-20(31-2)16(10-14)11-22(30)29-9-3-4-15(13-29)18-12-19-17(27-18)6-8-21(28-19)23(24,25)26/h5-8,10,12,15,27H,3-4,9,11,13H2,1-2H3/t15-/m1/s1. The highest BCUT2D eigenvalue weighted by molar-refractivity contribution is 5.80. The second kappa shape index (κ2) is 8.24. The number of benzene rings is 1. The number of aromatic nitrogens is 2. The highest BCUT2D eigenvalue weighted by atomic mass is 19.4. The molecule has 0 radical (unpaired) electrons. The van der Waals surface area contributed by atoms with Crippen LogP contribution in [0.1, 0.15) is 41.3 Å². The van der Waals surface area contributed by atoms with Crippen LogP contribution in [0.2, 0.25) is 0 Å². The first-order valence-electron chi connectivity index (χ1n) is 10.2. The van der Waals surface area contributed by atoms with E-state index in [-0.39, 0.29) is 23.8 Å². The summed E-state index contributed by atoms with van der Waals surface area (Å²) >= 11 is 0. The maximum absolute atomic E-state index is 13.0. The highest BCUT2D eigenvalue weighted by Crippen LogP contribution is 2.32. The Labute approximate surface area is 178 Å². The molecule has 1 aromatic carbocycles. The molecule has 31 heavy (non-hydrogen) atoms. The van der Waals surface area contributed by atoms with Crippen molar-refractivity contribution in [3.63, 3.8) is 0 Å². The molecule has 0 aliphatic carbocycles. The number of methoxy groups -OCH3 is 1. The molecule has 0 bridgehead atoms. The van der Waals surface area contributed by atoms with Gasteiger partial charge in [0.2, 0.25) is 5.91 Å². The minimum absolute atomic E-state index is 0.0159. The fourth-order valence-electron chi connectivity index (χ4n) is 4.19. The zero-order valence-electron chi connectivity index (χ0n) is 17.4. The molecule has 1 fully saturated rings. The molecule has 164 valence electrons. The average Bonchev–Trinajstić information content (AvgIpc) is 3.17. The number of pyridine rings is 1. The third kappa shape index (κ3) is 4.52. The summed E-state index contributed by atoms with van der Waals surface area (Å²) in [6, 6.07) is 9.83. The van der Waals surface area contributed by atoms with Crippen molar-refractivity contribution in [3.8, 4) is 5.75 Å². The number of fused-ring (bicyclic) bond motifs is 1. The lowest BCUT2D eigenvalue weighted by atomic mass is 9.94. The van der Waals surface area contributed by atoms with Gasteiger partial charge < -0.3 is 14.6 Å². The van der Waals surface area contributed by atoms with Crippen molar-refractivity contribution in [1.82, 2.24) is 14.9 Å². The van der Waals surface area contributed by atoms with Gasteiger partial charge in [-0.2, -0.15) is 13.2 Å². The molecule has 3 heterocycles. The van der Waals surface area contributed by atoms with E-state index >= 15 is 0 Å². The van der Waals surface area contributed by atoms with Crippen molar-refractivity contribution in [2.75, 3.05) is 20.2 Å². The molecule has 0 spiro atoms. The maximum Gasteiger partial charge on any atom is 0.433 e. The molecule has 1 aliphatic rings. The number of alkyl halides is 3. The van der Waals surface area contributed by atoms with Gasteiger partial charge in [0, 0.05) is 30.3 Å². The van der Waals surface area contributed by atoms with Gasteiger partial charge in [-0.25, -0.2) is 4.98 Å². The number of halogens is 3. The molecule has 1 atom stereocenters. The molecule has 0 saturated carbocycles. The number of amides is 1. The minimum Gasteiger partial charge on any atom is -0.496 e. The molecule has 1 amide bonds. The lowest BCUT2D eigenvalue weighted by molar-refractivity contribution is -0.141. The number of likely N-dealkylation sites (tertiary alicyclic amines) is 1. The molecule has 8 heteroatoms. The molecule has 1 N–H and O–H groups in total. The fraction of sp³-hybridized carbons (Fsp3) is 0.391. The zero-order chi connectivity index (χ0) is 22.2. The third-order valence-electron chi connectivity index (χ3n) is 5.78. The van der Waals surface area contributed by atoms with E-state index in [1.54, 1.807) is 13.2 Å². The SMILES string of the molecule is COc1ccc(C)cc1CC(=O)N1CCC[C@@H](c2cc3nc(C(F)(F)F)ccc3[nH]2)C1. The number of H-pyrrole nitrogens is 1. The Morgan fingerprint density at radius 3 is 2.81 bits per heavy atom. The van der Waals surface area contributed by atoms with Crippen LogP contribution in [0.15, 0.2) is 36.4 Å². The van der Waals surface area contributed by atoms with Gasteiger partial charge in [0.25, 0.3) is 0 Å². The average molecular weight is 431 g/mol. The van der Waals surface area contributed by atoms with Crippen molar-refractivity contribution in [2.45, 2.75) is 38.3 Å². The lowest BCUT2D eigenvalue weighted by Gasteiger charge is -2.32. The van der Waals surface area contributed by atoms with Gasteiger partial charge >= 0.3 is 6.18 Å². The Bertz CT molecular complexity index is 1110. The Kier molecular flexibility index (Phi) is 5.64. The summed E-state index contributed by atoms with van der Waals surface area (Å²) in [7, 11) is 1.59. The predicted octanol–water partition coefficient (Wildman–Crippen LogP) is 4.85. The maximum atomic E-state index is 13.0. The van der Waals surface area contributed by atoms with Crippen LogP contribution in [-0.2, 0) is 17.4 Å². The summed E-state index contributed by atoms with van der Waals surface area (Å²) in [6.07, 6.45) is -2.54. The van der Waals surface area contributed by atoms with E-state index in [4.69, 9.17) is 4.74 Å². The van der Waals surface area contributed by atoms with Crippen LogP contribution in [0.3, 0.4) is 0 Å².